The molecule has 3 aromatic heterocycles. The minimum atomic E-state index is -0.685. The molecule has 0 bridgehead atoms. The lowest BCUT2D eigenvalue weighted by Gasteiger charge is -2.07. The summed E-state index contributed by atoms with van der Waals surface area (Å²) in [4.78, 5) is 41.2. The van der Waals surface area contributed by atoms with Crippen LogP contribution in [-0.4, -0.2) is 38.4 Å². The normalized spacial score (nSPS) is 10.6. The van der Waals surface area contributed by atoms with Crippen molar-refractivity contribution in [3.8, 4) is 22.1 Å². The highest BCUT2D eigenvalue weighted by atomic mass is 32.1. The van der Waals surface area contributed by atoms with Gasteiger partial charge in [0.25, 0.3) is 5.91 Å². The van der Waals surface area contributed by atoms with Gasteiger partial charge in [-0.05, 0) is 25.1 Å². The summed E-state index contributed by atoms with van der Waals surface area (Å²) in [5.41, 5.74) is 2.45. The first-order valence-corrected chi connectivity index (χ1v) is 10.6. The zero-order valence-corrected chi connectivity index (χ0v) is 17.4. The van der Waals surface area contributed by atoms with Crippen LogP contribution in [0.1, 0.15) is 15.5 Å². The highest BCUT2D eigenvalue weighted by Crippen LogP contribution is 2.24. The van der Waals surface area contributed by atoms with E-state index in [9.17, 15) is 9.59 Å². The lowest BCUT2D eigenvalue weighted by Crippen LogP contribution is -2.21. The maximum absolute atomic E-state index is 12.2. The van der Waals surface area contributed by atoms with Crippen LogP contribution in [0.2, 0.25) is 0 Å². The molecule has 1 amide bonds. The minimum Gasteiger partial charge on any atom is -0.451 e. The Hall–Kier alpha value is -3.50. The third kappa shape index (κ3) is 4.73. The van der Waals surface area contributed by atoms with E-state index >= 15 is 0 Å². The monoisotopic (exact) mass is 437 g/mol. The largest absolute Gasteiger partial charge is 0.451 e. The number of anilines is 1. The molecule has 0 saturated heterocycles. The zero-order chi connectivity index (χ0) is 20.9. The van der Waals surface area contributed by atoms with Crippen LogP contribution in [0, 0.1) is 6.92 Å². The van der Waals surface area contributed by atoms with Crippen molar-refractivity contribution in [2.24, 2.45) is 0 Å². The van der Waals surface area contributed by atoms with Gasteiger partial charge in [-0.2, -0.15) is 0 Å². The van der Waals surface area contributed by atoms with Crippen molar-refractivity contribution < 1.29 is 14.3 Å². The molecule has 0 unspecified atom stereocenters. The topological polar surface area (TPSA) is 107 Å². The molecule has 0 radical (unpaired) electrons. The van der Waals surface area contributed by atoms with Gasteiger partial charge < -0.3 is 10.1 Å². The van der Waals surface area contributed by atoms with Crippen molar-refractivity contribution in [2.45, 2.75) is 6.92 Å². The average Bonchev–Trinajstić information content (AvgIpc) is 3.42. The maximum atomic E-state index is 12.2. The number of carbonyl (C=O) groups is 2. The molecular formula is C20H15N5O3S2. The van der Waals surface area contributed by atoms with Gasteiger partial charge in [-0.3, -0.25) is 4.79 Å². The van der Waals surface area contributed by atoms with Gasteiger partial charge in [-0.1, -0.05) is 12.1 Å². The van der Waals surface area contributed by atoms with Crippen LogP contribution >= 0.6 is 22.7 Å². The third-order valence-electron chi connectivity index (χ3n) is 3.87. The molecule has 0 atom stereocenters. The first-order chi connectivity index (χ1) is 14.6. The fourth-order valence-corrected chi connectivity index (χ4v) is 3.89. The van der Waals surface area contributed by atoms with Crippen LogP contribution in [0.5, 0.6) is 0 Å². The van der Waals surface area contributed by atoms with Gasteiger partial charge in [-0.25, -0.2) is 24.7 Å². The van der Waals surface area contributed by atoms with Crippen molar-refractivity contribution in [1.29, 1.82) is 0 Å². The Morgan fingerprint density at radius 3 is 2.67 bits per heavy atom. The molecule has 4 rings (SSSR count). The average molecular weight is 438 g/mol. The molecule has 4 aromatic rings. The Labute approximate surface area is 179 Å². The summed E-state index contributed by atoms with van der Waals surface area (Å²) in [6.07, 6.45) is 3.19. The Balaban J connectivity index is 1.34. The second kappa shape index (κ2) is 8.89. The summed E-state index contributed by atoms with van der Waals surface area (Å²) >= 11 is 2.79. The van der Waals surface area contributed by atoms with Gasteiger partial charge in [0.15, 0.2) is 23.1 Å². The molecular weight excluding hydrogens is 422 g/mol. The van der Waals surface area contributed by atoms with Gasteiger partial charge in [0.2, 0.25) is 0 Å². The van der Waals surface area contributed by atoms with Gasteiger partial charge in [0.05, 0.1) is 10.7 Å². The van der Waals surface area contributed by atoms with Crippen molar-refractivity contribution in [3.63, 3.8) is 0 Å². The quantitative estimate of drug-likeness (QED) is 0.457. The number of aromatic nitrogens is 4. The van der Waals surface area contributed by atoms with E-state index in [1.54, 1.807) is 41.2 Å². The first-order valence-electron chi connectivity index (χ1n) is 8.81. The number of hydrogen-bond donors (Lipinski definition) is 1. The molecule has 0 aliphatic carbocycles. The predicted octanol–water partition coefficient (Wildman–Crippen LogP) is 3.83. The number of ether oxygens (including phenoxy) is 1. The van der Waals surface area contributed by atoms with Gasteiger partial charge >= 0.3 is 5.97 Å². The summed E-state index contributed by atoms with van der Waals surface area (Å²) in [5, 5.41) is 7.69. The molecule has 8 nitrogen and oxygen atoms in total. The second-order valence-corrected chi connectivity index (χ2v) is 7.99. The lowest BCUT2D eigenvalue weighted by molar-refractivity contribution is -0.119. The van der Waals surface area contributed by atoms with E-state index in [2.05, 4.69) is 25.3 Å². The Kier molecular flexibility index (Phi) is 5.87. The van der Waals surface area contributed by atoms with Gasteiger partial charge in [0, 0.05) is 34.4 Å². The van der Waals surface area contributed by atoms with Crippen molar-refractivity contribution >= 4 is 40.2 Å². The number of hydrogen-bond acceptors (Lipinski definition) is 9. The van der Waals surface area contributed by atoms with E-state index in [-0.39, 0.29) is 5.69 Å². The Bertz CT molecular complexity index is 1190. The number of benzene rings is 1. The molecule has 30 heavy (non-hydrogen) atoms. The van der Waals surface area contributed by atoms with Crippen molar-refractivity contribution in [2.75, 3.05) is 11.9 Å². The lowest BCUT2D eigenvalue weighted by atomic mass is 10.1. The standard InChI is InChI=1S/C20H15N5O3S2/c1-12-23-15(10-29-12)13-4-2-5-14(8-13)24-17(26)9-28-20(27)16-11-30-19(25-16)18-21-6-3-7-22-18/h2-8,10-11H,9H2,1H3,(H,24,26). The Morgan fingerprint density at radius 1 is 1.07 bits per heavy atom. The number of thiazole rings is 2. The SMILES string of the molecule is Cc1nc(-c2cccc(NC(=O)COC(=O)c3csc(-c4ncccn4)n3)c2)cs1. The number of aryl methyl sites for hydroxylation is 1. The minimum absolute atomic E-state index is 0.108. The van der Waals surface area contributed by atoms with Crippen molar-refractivity contribution in [3.05, 3.63) is 64.2 Å². The van der Waals surface area contributed by atoms with E-state index in [1.807, 2.05) is 30.5 Å². The summed E-state index contributed by atoms with van der Waals surface area (Å²) < 4.78 is 5.07. The van der Waals surface area contributed by atoms with Gasteiger partial charge in [0.1, 0.15) is 0 Å². The smallest absolute Gasteiger partial charge is 0.358 e. The van der Waals surface area contributed by atoms with Crippen LogP contribution in [0.3, 0.4) is 0 Å². The number of nitrogens with one attached hydrogen (secondary N) is 1. The molecule has 10 heteroatoms. The number of nitrogens with zero attached hydrogens (tertiary/aromatic N) is 4. The summed E-state index contributed by atoms with van der Waals surface area (Å²) in [7, 11) is 0. The molecule has 1 aromatic carbocycles. The third-order valence-corrected chi connectivity index (χ3v) is 5.48. The molecule has 150 valence electrons. The molecule has 0 aliphatic rings. The summed E-state index contributed by atoms with van der Waals surface area (Å²) in [6.45, 7) is 1.51. The summed E-state index contributed by atoms with van der Waals surface area (Å²) in [6, 6.07) is 9.02. The highest BCUT2D eigenvalue weighted by Gasteiger charge is 2.16. The fraction of sp³-hybridized carbons (Fsp3) is 0.100. The molecule has 3 heterocycles. The van der Waals surface area contributed by atoms with Crippen LogP contribution in [0.25, 0.3) is 22.1 Å². The van der Waals surface area contributed by atoms with Crippen LogP contribution in [-0.2, 0) is 9.53 Å². The summed E-state index contributed by atoms with van der Waals surface area (Å²) in [5.74, 6) is -0.707. The van der Waals surface area contributed by atoms with Crippen LogP contribution in [0.4, 0.5) is 5.69 Å². The molecule has 0 saturated carbocycles. The number of esters is 1. The Morgan fingerprint density at radius 2 is 1.90 bits per heavy atom. The number of carbonyl (C=O) groups excluding carboxylic acids is 2. The van der Waals surface area contributed by atoms with E-state index in [4.69, 9.17) is 4.74 Å². The molecule has 0 fully saturated rings. The van der Waals surface area contributed by atoms with Crippen LogP contribution < -0.4 is 5.32 Å². The fourth-order valence-electron chi connectivity index (χ4n) is 2.53. The van der Waals surface area contributed by atoms with E-state index in [1.165, 1.54) is 11.3 Å². The zero-order valence-electron chi connectivity index (χ0n) is 15.7. The number of rotatable bonds is 6. The van der Waals surface area contributed by atoms with E-state index in [0.29, 0.717) is 16.5 Å². The van der Waals surface area contributed by atoms with E-state index in [0.717, 1.165) is 16.3 Å². The first kappa shape index (κ1) is 19.8. The molecule has 0 aliphatic heterocycles. The highest BCUT2D eigenvalue weighted by molar-refractivity contribution is 7.13. The van der Waals surface area contributed by atoms with Crippen LogP contribution in [0.15, 0.2) is 53.5 Å². The number of amides is 1. The molecule has 0 spiro atoms. The second-order valence-electron chi connectivity index (χ2n) is 6.07. The van der Waals surface area contributed by atoms with Gasteiger partial charge in [-0.15, -0.1) is 22.7 Å². The molecule has 1 N–H and O–H groups in total. The predicted molar refractivity (Wildman–Crippen MR) is 114 cm³/mol. The maximum Gasteiger partial charge on any atom is 0.358 e. The van der Waals surface area contributed by atoms with Crippen molar-refractivity contribution in [1.82, 2.24) is 19.9 Å². The van der Waals surface area contributed by atoms with E-state index < -0.39 is 18.5 Å².